The van der Waals surface area contributed by atoms with Crippen molar-refractivity contribution in [2.45, 2.75) is 39.8 Å². The Labute approximate surface area is 212 Å². The number of anilines is 2. The molecule has 0 spiro atoms. The number of hydrogen-bond acceptors (Lipinski definition) is 7. The molecule has 2 heterocycles. The minimum Gasteiger partial charge on any atom is -0.481 e. The highest BCUT2D eigenvalue weighted by molar-refractivity contribution is 5.66. The van der Waals surface area contributed by atoms with Gasteiger partial charge in [0.2, 0.25) is 5.95 Å². The molecule has 2 N–H and O–H groups in total. The van der Waals surface area contributed by atoms with Crippen LogP contribution in [0.2, 0.25) is 0 Å². The van der Waals surface area contributed by atoms with Crippen molar-refractivity contribution in [3.05, 3.63) is 105 Å². The van der Waals surface area contributed by atoms with Crippen LogP contribution in [0.15, 0.2) is 76.4 Å². The first-order chi connectivity index (χ1) is 17.8. The Bertz CT molecular complexity index is 1510. The summed E-state index contributed by atoms with van der Waals surface area (Å²) in [5, 5.41) is 12.0. The number of benzene rings is 2. The molecule has 0 amide bonds. The zero-order valence-corrected chi connectivity index (χ0v) is 20.5. The van der Waals surface area contributed by atoms with Gasteiger partial charge in [-0.05, 0) is 56.2 Å². The number of pyridine rings is 1. The number of aromatic nitrogens is 4. The third-order valence-corrected chi connectivity index (χ3v) is 5.60. The highest BCUT2D eigenvalue weighted by atomic mass is 16.5. The van der Waals surface area contributed by atoms with Crippen LogP contribution >= 0.6 is 0 Å². The second-order valence-electron chi connectivity index (χ2n) is 8.61. The van der Waals surface area contributed by atoms with E-state index in [9.17, 15) is 14.4 Å². The summed E-state index contributed by atoms with van der Waals surface area (Å²) in [6, 6.07) is 18.3. The zero-order chi connectivity index (χ0) is 26.4. The lowest BCUT2D eigenvalue weighted by Crippen LogP contribution is -2.42. The summed E-state index contributed by atoms with van der Waals surface area (Å²) < 4.78 is 8.19. The summed E-state index contributed by atoms with van der Waals surface area (Å²) in [5.74, 6) is 0.359. The van der Waals surface area contributed by atoms with E-state index >= 15 is 0 Å². The number of hydrogen-bond donors (Lipinski definition) is 2. The number of rotatable bonds is 10. The maximum absolute atomic E-state index is 13.3. The monoisotopic (exact) mass is 501 g/mol. The van der Waals surface area contributed by atoms with Crippen molar-refractivity contribution in [3.8, 4) is 11.5 Å². The maximum atomic E-state index is 13.3. The molecule has 10 nitrogen and oxygen atoms in total. The molecule has 2 aromatic heterocycles. The van der Waals surface area contributed by atoms with Gasteiger partial charge in [0.15, 0.2) is 0 Å². The van der Waals surface area contributed by atoms with E-state index in [0.29, 0.717) is 17.2 Å². The van der Waals surface area contributed by atoms with E-state index in [4.69, 9.17) is 9.84 Å². The molecule has 0 aliphatic carbocycles. The molecule has 0 fully saturated rings. The van der Waals surface area contributed by atoms with Gasteiger partial charge in [0.25, 0.3) is 0 Å². The van der Waals surface area contributed by atoms with Crippen LogP contribution in [-0.4, -0.2) is 30.2 Å². The van der Waals surface area contributed by atoms with Gasteiger partial charge >= 0.3 is 17.3 Å². The number of carbonyl (C=O) groups is 1. The van der Waals surface area contributed by atoms with Gasteiger partial charge in [0.1, 0.15) is 11.5 Å². The van der Waals surface area contributed by atoms with E-state index in [1.807, 2.05) is 44.2 Å². The molecule has 10 heteroatoms. The van der Waals surface area contributed by atoms with E-state index in [1.54, 1.807) is 36.5 Å². The third kappa shape index (κ3) is 6.69. The molecule has 0 saturated carbocycles. The molecule has 190 valence electrons. The summed E-state index contributed by atoms with van der Waals surface area (Å²) in [6.07, 6.45) is 1.66. The molecule has 4 aromatic rings. The number of aryl methyl sites for hydroxylation is 2. The Kier molecular flexibility index (Phi) is 7.77. The van der Waals surface area contributed by atoms with Gasteiger partial charge in [0.05, 0.1) is 6.54 Å². The van der Waals surface area contributed by atoms with E-state index in [1.165, 1.54) is 4.57 Å². The lowest BCUT2D eigenvalue weighted by molar-refractivity contribution is -0.137. The first-order valence-electron chi connectivity index (χ1n) is 11.7. The van der Waals surface area contributed by atoms with Crippen molar-refractivity contribution in [1.82, 2.24) is 19.1 Å². The van der Waals surface area contributed by atoms with Gasteiger partial charge in [-0.25, -0.2) is 14.2 Å². The quantitative estimate of drug-likeness (QED) is 0.335. The molecular formula is C27H27N5O5. The molecule has 0 atom stereocenters. The van der Waals surface area contributed by atoms with Crippen molar-refractivity contribution < 1.29 is 14.6 Å². The van der Waals surface area contributed by atoms with Gasteiger partial charge in [-0.3, -0.25) is 14.3 Å². The largest absolute Gasteiger partial charge is 0.481 e. The van der Waals surface area contributed by atoms with Crippen molar-refractivity contribution in [2.24, 2.45) is 0 Å². The Morgan fingerprint density at radius 3 is 2.38 bits per heavy atom. The third-order valence-electron chi connectivity index (χ3n) is 5.60. The number of ether oxygens (including phenoxy) is 1. The molecule has 0 bridgehead atoms. The van der Waals surface area contributed by atoms with Crippen LogP contribution < -0.4 is 21.4 Å². The molecule has 0 aliphatic heterocycles. The smallest absolute Gasteiger partial charge is 0.354 e. The Balaban J connectivity index is 1.62. The molecule has 37 heavy (non-hydrogen) atoms. The van der Waals surface area contributed by atoms with Gasteiger partial charge in [0, 0.05) is 36.6 Å². The Hall–Kier alpha value is -4.73. The fourth-order valence-electron chi connectivity index (χ4n) is 3.68. The normalized spacial score (nSPS) is 10.8. The van der Waals surface area contributed by atoms with Crippen LogP contribution in [0.1, 0.15) is 29.7 Å². The molecule has 0 radical (unpaired) electrons. The van der Waals surface area contributed by atoms with Crippen molar-refractivity contribution >= 4 is 17.6 Å². The standard InChI is InChI=1S/C27H27N5O5/c1-18-5-7-20(8-6-18)17-32-25(30-26(35)31(27(32)36)15-3-4-24(33)34)29-21-9-11-22(12-10-21)37-23-13-14-28-19(2)16-23/h5-14,16H,3-4,15,17H2,1-2H3,(H,33,34)(H,29,30,35). The highest BCUT2D eigenvalue weighted by Gasteiger charge is 2.15. The fraction of sp³-hybridized carbons (Fsp3) is 0.222. The number of aliphatic carboxylic acids is 1. The SMILES string of the molecule is Cc1ccc(Cn2c(Nc3ccc(Oc4ccnc(C)c4)cc3)nc(=O)n(CCCC(=O)O)c2=O)cc1. The topological polar surface area (TPSA) is 128 Å². The molecule has 2 aromatic carbocycles. The predicted molar refractivity (Wildman–Crippen MR) is 139 cm³/mol. The van der Waals surface area contributed by atoms with E-state index < -0.39 is 17.3 Å². The first-order valence-corrected chi connectivity index (χ1v) is 11.7. The summed E-state index contributed by atoms with van der Waals surface area (Å²) in [6.45, 7) is 3.99. The second kappa shape index (κ2) is 11.3. The average molecular weight is 502 g/mol. The lowest BCUT2D eigenvalue weighted by atomic mass is 10.1. The second-order valence-corrected chi connectivity index (χ2v) is 8.61. The average Bonchev–Trinajstić information content (AvgIpc) is 2.86. The van der Waals surface area contributed by atoms with Crippen molar-refractivity contribution in [1.29, 1.82) is 0 Å². The van der Waals surface area contributed by atoms with E-state index in [2.05, 4.69) is 15.3 Å². The molecule has 0 unspecified atom stereocenters. The van der Waals surface area contributed by atoms with Gasteiger partial charge < -0.3 is 15.2 Å². The van der Waals surface area contributed by atoms with E-state index in [-0.39, 0.29) is 31.9 Å². The van der Waals surface area contributed by atoms with Gasteiger partial charge in [-0.2, -0.15) is 4.98 Å². The van der Waals surface area contributed by atoms with E-state index in [0.717, 1.165) is 21.4 Å². The molecule has 0 saturated heterocycles. The van der Waals surface area contributed by atoms with Crippen LogP contribution in [0, 0.1) is 13.8 Å². The van der Waals surface area contributed by atoms with Crippen LogP contribution in [0.4, 0.5) is 11.6 Å². The molecule has 0 aliphatic rings. The van der Waals surface area contributed by atoms with Crippen LogP contribution in [0.3, 0.4) is 0 Å². The summed E-state index contributed by atoms with van der Waals surface area (Å²) >= 11 is 0. The maximum Gasteiger partial charge on any atom is 0.354 e. The molecular weight excluding hydrogens is 474 g/mol. The number of nitrogens with one attached hydrogen (secondary N) is 1. The zero-order valence-electron chi connectivity index (χ0n) is 20.5. The fourth-order valence-corrected chi connectivity index (χ4v) is 3.68. The van der Waals surface area contributed by atoms with Crippen LogP contribution in [-0.2, 0) is 17.9 Å². The summed E-state index contributed by atoms with van der Waals surface area (Å²) in [7, 11) is 0. The number of carboxylic acids is 1. The minimum atomic E-state index is -0.995. The van der Waals surface area contributed by atoms with Gasteiger partial charge in [-0.1, -0.05) is 29.8 Å². The first kappa shape index (κ1) is 25.4. The lowest BCUT2D eigenvalue weighted by Gasteiger charge is -2.16. The van der Waals surface area contributed by atoms with Gasteiger partial charge in [-0.15, -0.1) is 0 Å². The Morgan fingerprint density at radius 2 is 1.70 bits per heavy atom. The summed E-state index contributed by atoms with van der Waals surface area (Å²) in [5.41, 5.74) is 2.06. The summed E-state index contributed by atoms with van der Waals surface area (Å²) in [4.78, 5) is 45.1. The minimum absolute atomic E-state index is 0.0361. The van der Waals surface area contributed by atoms with Crippen molar-refractivity contribution in [2.75, 3.05) is 5.32 Å². The molecule has 4 rings (SSSR count). The van der Waals surface area contributed by atoms with Crippen LogP contribution in [0.5, 0.6) is 11.5 Å². The Morgan fingerprint density at radius 1 is 0.973 bits per heavy atom. The number of carboxylic acid groups (broad SMARTS) is 1. The predicted octanol–water partition coefficient (Wildman–Crippen LogP) is 3.87. The highest BCUT2D eigenvalue weighted by Crippen LogP contribution is 2.24. The van der Waals surface area contributed by atoms with Crippen LogP contribution in [0.25, 0.3) is 0 Å². The number of nitrogens with zero attached hydrogens (tertiary/aromatic N) is 4. The van der Waals surface area contributed by atoms with Crippen molar-refractivity contribution in [3.63, 3.8) is 0 Å².